The number of amides is 1. The molecule has 4 atom stereocenters. The quantitative estimate of drug-likeness (QED) is 0.560. The van der Waals surface area contributed by atoms with Gasteiger partial charge in [-0.3, -0.25) is 9.69 Å². The fraction of sp³-hybridized carbons (Fsp3) is 0.533. The number of aliphatic hydroxyl groups is 1. The minimum Gasteiger partial charge on any atom is -0.543 e. The van der Waals surface area contributed by atoms with E-state index in [4.69, 9.17) is 0 Å². The fourth-order valence-electron chi connectivity index (χ4n) is 3.53. The molecule has 1 aromatic rings. The molecule has 3 aliphatic heterocycles. The molecule has 0 aromatic carbocycles. The summed E-state index contributed by atoms with van der Waals surface area (Å²) in [6.07, 6.45) is 4.19. The van der Waals surface area contributed by atoms with Crippen LogP contribution >= 0.6 is 23.5 Å². The summed E-state index contributed by atoms with van der Waals surface area (Å²) < 4.78 is 4.76. The lowest BCUT2D eigenvalue weighted by atomic mass is 9.92. The molecule has 0 unspecified atom stereocenters. The topological polar surface area (TPSA) is 89.5 Å². The molecule has 0 saturated carbocycles. The van der Waals surface area contributed by atoms with Crippen LogP contribution in [0.2, 0.25) is 0 Å². The number of carboxylic acids is 1. The van der Waals surface area contributed by atoms with Gasteiger partial charge in [-0.25, -0.2) is 9.13 Å². The number of aliphatic carboxylic acids is 1. The first kappa shape index (κ1) is 16.0. The lowest BCUT2D eigenvalue weighted by molar-refractivity contribution is -0.671. The molecule has 1 fully saturated rings. The van der Waals surface area contributed by atoms with E-state index in [0.29, 0.717) is 4.24 Å². The van der Waals surface area contributed by atoms with Gasteiger partial charge in [0, 0.05) is 6.42 Å². The first-order valence-corrected chi connectivity index (χ1v) is 9.49. The summed E-state index contributed by atoms with van der Waals surface area (Å²) in [6.45, 7) is 2.46. The zero-order valence-electron chi connectivity index (χ0n) is 13.2. The standard InChI is InChI=1S/C15H17N3O4S2/c1-7(19)10-12(20)18-11(14(21)22)15(24-13(10)18)23-9-3-4-17-6-16(2)5-8(9)17/h5-7,9-10,13,19H,3-4H2,1-2H3/t7-,9-,10+,13-/m1/s1. The van der Waals surface area contributed by atoms with Crippen molar-refractivity contribution >= 4 is 35.4 Å². The number of carbonyl (C=O) groups excluding carboxylic acids is 2. The van der Waals surface area contributed by atoms with E-state index in [9.17, 15) is 19.8 Å². The van der Waals surface area contributed by atoms with Gasteiger partial charge in [-0.1, -0.05) is 11.8 Å². The van der Waals surface area contributed by atoms with Gasteiger partial charge >= 0.3 is 0 Å². The zero-order valence-corrected chi connectivity index (χ0v) is 14.8. The normalized spacial score (nSPS) is 29.5. The van der Waals surface area contributed by atoms with E-state index in [1.807, 2.05) is 24.1 Å². The van der Waals surface area contributed by atoms with Crippen LogP contribution in [0.5, 0.6) is 0 Å². The number of imidazole rings is 1. The van der Waals surface area contributed by atoms with Crippen molar-refractivity contribution in [3.05, 3.63) is 28.2 Å². The Bertz CT molecular complexity index is 773. The maximum Gasteiger partial charge on any atom is 0.243 e. The minimum atomic E-state index is -1.33. The number of thioether (sulfide) groups is 2. The highest BCUT2D eigenvalue weighted by molar-refractivity contribution is 8.22. The monoisotopic (exact) mass is 367 g/mol. The number of aliphatic hydroxyl groups excluding tert-OH is 1. The smallest absolute Gasteiger partial charge is 0.243 e. The second-order valence-electron chi connectivity index (χ2n) is 6.33. The molecule has 1 saturated heterocycles. The van der Waals surface area contributed by atoms with E-state index in [0.717, 1.165) is 18.7 Å². The fourth-order valence-corrected chi connectivity index (χ4v) is 6.81. The second-order valence-corrected chi connectivity index (χ2v) is 8.93. The van der Waals surface area contributed by atoms with Gasteiger partial charge in [-0.05, 0) is 6.92 Å². The Balaban J connectivity index is 1.61. The van der Waals surface area contributed by atoms with Gasteiger partial charge in [0.05, 0.1) is 46.8 Å². The van der Waals surface area contributed by atoms with Crippen molar-refractivity contribution < 1.29 is 24.4 Å². The van der Waals surface area contributed by atoms with Crippen molar-refractivity contribution in [3.8, 4) is 0 Å². The van der Waals surface area contributed by atoms with Crippen LogP contribution in [-0.2, 0) is 23.2 Å². The summed E-state index contributed by atoms with van der Waals surface area (Å²) in [5.74, 6) is -2.21. The van der Waals surface area contributed by atoms with Crippen molar-refractivity contribution in [2.75, 3.05) is 0 Å². The molecule has 7 nitrogen and oxygen atoms in total. The molecule has 3 aliphatic rings. The molecule has 1 N–H and O–H groups in total. The molecule has 4 rings (SSSR count). The Hall–Kier alpha value is -1.45. The molecular weight excluding hydrogens is 350 g/mol. The number of hydrogen-bond acceptors (Lipinski definition) is 6. The largest absolute Gasteiger partial charge is 0.543 e. The summed E-state index contributed by atoms with van der Waals surface area (Å²) in [5.41, 5.74) is 1.12. The van der Waals surface area contributed by atoms with E-state index in [-0.39, 0.29) is 22.2 Å². The van der Waals surface area contributed by atoms with Crippen LogP contribution in [0.4, 0.5) is 0 Å². The average Bonchev–Trinajstić information content (AvgIpc) is 3.11. The number of aryl methyl sites for hydroxylation is 2. The van der Waals surface area contributed by atoms with Crippen LogP contribution in [-0.4, -0.2) is 37.9 Å². The SMILES string of the molecule is C[C@@H](O)[C@H]1C(=O)N2C(C(=O)[O-])=C(S[C@@H]3CCn4c[n+](C)cc43)S[C@H]12. The Morgan fingerprint density at radius 3 is 3.00 bits per heavy atom. The van der Waals surface area contributed by atoms with Gasteiger partial charge in [0.15, 0.2) is 5.69 Å². The number of fused-ring (bicyclic) bond motifs is 2. The second kappa shape index (κ2) is 5.53. The number of rotatable bonds is 4. The van der Waals surface area contributed by atoms with E-state index in [1.165, 1.54) is 28.4 Å². The number of β-lactam (4-membered cyclic amide) rings is 1. The number of carbonyl (C=O) groups is 2. The Morgan fingerprint density at radius 2 is 2.33 bits per heavy atom. The van der Waals surface area contributed by atoms with E-state index < -0.39 is 18.0 Å². The lowest BCUT2D eigenvalue weighted by Gasteiger charge is -2.44. The summed E-state index contributed by atoms with van der Waals surface area (Å²) in [7, 11) is 1.96. The minimum absolute atomic E-state index is 0.0359. The maximum absolute atomic E-state index is 12.2. The molecule has 1 amide bonds. The number of aromatic nitrogens is 2. The number of hydrogen-bond donors (Lipinski definition) is 1. The zero-order chi connectivity index (χ0) is 17.2. The van der Waals surface area contributed by atoms with Crippen LogP contribution in [0.15, 0.2) is 22.5 Å². The molecular formula is C15H17N3O4S2. The van der Waals surface area contributed by atoms with Gasteiger partial charge in [0.1, 0.15) is 11.6 Å². The summed E-state index contributed by atoms with van der Waals surface area (Å²) >= 11 is 2.84. The predicted molar refractivity (Wildman–Crippen MR) is 86.0 cm³/mol. The highest BCUT2D eigenvalue weighted by atomic mass is 32.2. The third-order valence-electron chi connectivity index (χ3n) is 4.66. The van der Waals surface area contributed by atoms with Crippen LogP contribution < -0.4 is 9.67 Å². The molecule has 24 heavy (non-hydrogen) atoms. The van der Waals surface area contributed by atoms with Gasteiger partial charge in [0.25, 0.3) is 0 Å². The predicted octanol–water partition coefficient (Wildman–Crippen LogP) is -0.678. The molecule has 0 aliphatic carbocycles. The molecule has 1 aromatic heterocycles. The molecule has 4 heterocycles. The van der Waals surface area contributed by atoms with E-state index >= 15 is 0 Å². The summed E-state index contributed by atoms with van der Waals surface area (Å²) in [6, 6.07) is 0. The number of carboxylic acid groups (broad SMARTS) is 1. The lowest BCUT2D eigenvalue weighted by Crippen LogP contribution is -2.61. The Morgan fingerprint density at radius 1 is 1.58 bits per heavy atom. The molecule has 0 spiro atoms. The summed E-state index contributed by atoms with van der Waals surface area (Å²) in [5, 5.41) is 21.2. The average molecular weight is 367 g/mol. The van der Waals surface area contributed by atoms with Crippen molar-refractivity contribution in [1.82, 2.24) is 9.47 Å². The Kier molecular flexibility index (Phi) is 3.70. The van der Waals surface area contributed by atoms with Crippen LogP contribution in [0, 0.1) is 5.92 Å². The van der Waals surface area contributed by atoms with Crippen molar-refractivity contribution in [2.24, 2.45) is 13.0 Å². The van der Waals surface area contributed by atoms with Crippen LogP contribution in [0.25, 0.3) is 0 Å². The Labute approximate surface area is 147 Å². The molecule has 9 heteroatoms. The molecule has 128 valence electrons. The highest BCUT2D eigenvalue weighted by Gasteiger charge is 2.56. The van der Waals surface area contributed by atoms with Gasteiger partial charge in [0.2, 0.25) is 12.2 Å². The van der Waals surface area contributed by atoms with Gasteiger partial charge in [-0.15, -0.1) is 11.8 Å². The van der Waals surface area contributed by atoms with Crippen molar-refractivity contribution in [3.63, 3.8) is 0 Å². The van der Waals surface area contributed by atoms with Crippen molar-refractivity contribution in [2.45, 2.75) is 36.6 Å². The maximum atomic E-state index is 12.2. The first-order chi connectivity index (χ1) is 11.4. The first-order valence-electron chi connectivity index (χ1n) is 7.74. The van der Waals surface area contributed by atoms with Crippen LogP contribution in [0.1, 0.15) is 24.3 Å². The highest BCUT2D eigenvalue weighted by Crippen LogP contribution is 2.57. The summed E-state index contributed by atoms with van der Waals surface area (Å²) in [4.78, 5) is 25.1. The van der Waals surface area contributed by atoms with E-state index in [1.54, 1.807) is 6.92 Å². The van der Waals surface area contributed by atoms with Gasteiger partial charge in [-0.2, -0.15) is 0 Å². The third-order valence-corrected chi connectivity index (χ3v) is 7.56. The third kappa shape index (κ3) is 2.21. The van der Waals surface area contributed by atoms with Crippen molar-refractivity contribution in [1.29, 1.82) is 0 Å². The van der Waals surface area contributed by atoms with Gasteiger partial charge < -0.3 is 15.0 Å². The van der Waals surface area contributed by atoms with Crippen LogP contribution in [0.3, 0.4) is 0 Å². The number of nitrogens with zero attached hydrogens (tertiary/aromatic N) is 3. The molecule has 0 radical (unpaired) electrons. The molecule has 0 bridgehead atoms. The van der Waals surface area contributed by atoms with E-state index in [2.05, 4.69) is 4.57 Å².